The van der Waals surface area contributed by atoms with Gasteiger partial charge in [0, 0.05) is 33.9 Å². The van der Waals surface area contributed by atoms with Crippen LogP contribution >= 0.6 is 0 Å². The van der Waals surface area contributed by atoms with Gasteiger partial charge >= 0.3 is 11.6 Å². The van der Waals surface area contributed by atoms with Crippen molar-refractivity contribution in [2.75, 3.05) is 6.54 Å². The van der Waals surface area contributed by atoms with E-state index in [9.17, 15) is 14.4 Å². The molecule has 0 radical (unpaired) electrons. The van der Waals surface area contributed by atoms with Crippen LogP contribution in [0.15, 0.2) is 26.0 Å². The smallest absolute Gasteiger partial charge is 0.339 e. The van der Waals surface area contributed by atoms with E-state index in [2.05, 4.69) is 26.1 Å². The molecule has 7 heteroatoms. The van der Waals surface area contributed by atoms with Crippen LogP contribution in [0.25, 0.3) is 21.9 Å². The Morgan fingerprint density at radius 1 is 1.10 bits per heavy atom. The van der Waals surface area contributed by atoms with Gasteiger partial charge < -0.3 is 19.3 Å². The third-order valence-corrected chi connectivity index (χ3v) is 5.19. The average Bonchev–Trinajstić information content (AvgIpc) is 3.05. The van der Waals surface area contributed by atoms with Crippen molar-refractivity contribution in [2.45, 2.75) is 52.9 Å². The molecular formula is C22H25NO6. The first kappa shape index (κ1) is 20.6. The lowest BCUT2D eigenvalue weighted by atomic mass is 9.86. The number of carboxylic acid groups (broad SMARTS) is 1. The molecule has 0 fully saturated rings. The number of aliphatic carboxylic acids is 1. The summed E-state index contributed by atoms with van der Waals surface area (Å²) in [6.07, 6.45) is 1.92. The minimum absolute atomic E-state index is 0.00453. The lowest BCUT2D eigenvalue weighted by molar-refractivity contribution is -0.137. The fourth-order valence-electron chi connectivity index (χ4n) is 3.57. The van der Waals surface area contributed by atoms with E-state index in [0.29, 0.717) is 16.7 Å². The minimum Gasteiger partial charge on any atom is -0.480 e. The number of benzene rings is 1. The molecule has 0 aliphatic carbocycles. The molecule has 1 aromatic carbocycles. The molecule has 0 bridgehead atoms. The van der Waals surface area contributed by atoms with E-state index in [-0.39, 0.29) is 18.3 Å². The Bertz CT molecular complexity index is 1180. The van der Waals surface area contributed by atoms with Gasteiger partial charge in [-0.3, -0.25) is 9.59 Å². The number of aryl methyl sites for hydroxylation is 2. The highest BCUT2D eigenvalue weighted by Crippen LogP contribution is 2.37. The highest BCUT2D eigenvalue weighted by atomic mass is 16.4. The van der Waals surface area contributed by atoms with Crippen LogP contribution in [0.3, 0.4) is 0 Å². The first-order valence-corrected chi connectivity index (χ1v) is 9.46. The topological polar surface area (TPSA) is 110 Å². The van der Waals surface area contributed by atoms with E-state index in [4.69, 9.17) is 13.9 Å². The Labute approximate surface area is 167 Å². The second-order valence-electron chi connectivity index (χ2n) is 8.32. The van der Waals surface area contributed by atoms with Gasteiger partial charge in [-0.2, -0.15) is 0 Å². The molecule has 0 spiro atoms. The zero-order valence-corrected chi connectivity index (χ0v) is 17.3. The normalized spacial score (nSPS) is 11.9. The number of furan rings is 1. The summed E-state index contributed by atoms with van der Waals surface area (Å²) < 4.78 is 11.4. The van der Waals surface area contributed by atoms with E-state index < -0.39 is 24.0 Å². The lowest BCUT2D eigenvalue weighted by Gasteiger charge is -2.17. The van der Waals surface area contributed by atoms with Crippen molar-refractivity contribution < 1.29 is 23.5 Å². The van der Waals surface area contributed by atoms with Gasteiger partial charge in [-0.05, 0) is 37.3 Å². The Kier molecular flexibility index (Phi) is 5.26. The second-order valence-corrected chi connectivity index (χ2v) is 8.32. The molecule has 0 atom stereocenters. The van der Waals surface area contributed by atoms with Crippen LogP contribution in [-0.2, 0) is 21.4 Å². The number of carboxylic acids is 1. The summed E-state index contributed by atoms with van der Waals surface area (Å²) in [5, 5.41) is 12.7. The van der Waals surface area contributed by atoms with Crippen LogP contribution in [0.4, 0.5) is 0 Å². The predicted molar refractivity (Wildman–Crippen MR) is 109 cm³/mol. The summed E-state index contributed by atoms with van der Waals surface area (Å²) in [6.45, 7) is 9.58. The maximum atomic E-state index is 12.6. The van der Waals surface area contributed by atoms with E-state index in [1.807, 2.05) is 19.9 Å². The van der Waals surface area contributed by atoms with Gasteiger partial charge in [0.25, 0.3) is 0 Å². The van der Waals surface area contributed by atoms with Crippen LogP contribution in [-0.4, -0.2) is 23.5 Å². The number of fused-ring (bicyclic) bond motifs is 2. The van der Waals surface area contributed by atoms with E-state index in [1.54, 1.807) is 6.26 Å². The maximum absolute atomic E-state index is 12.6. The summed E-state index contributed by atoms with van der Waals surface area (Å²) >= 11 is 0. The van der Waals surface area contributed by atoms with Crippen LogP contribution in [0.5, 0.6) is 0 Å². The van der Waals surface area contributed by atoms with Crippen molar-refractivity contribution in [3.63, 3.8) is 0 Å². The number of carbonyl (C=O) groups excluding carboxylic acids is 1. The molecule has 0 saturated carbocycles. The molecule has 7 nitrogen and oxygen atoms in total. The summed E-state index contributed by atoms with van der Waals surface area (Å²) in [5.41, 5.74) is 3.58. The summed E-state index contributed by atoms with van der Waals surface area (Å²) in [5.74, 6) is -1.54. The molecule has 154 valence electrons. The quantitative estimate of drug-likeness (QED) is 0.635. The molecule has 2 N–H and O–H groups in total. The Morgan fingerprint density at radius 2 is 1.79 bits per heavy atom. The molecule has 0 saturated heterocycles. The van der Waals surface area contributed by atoms with Crippen molar-refractivity contribution in [3.8, 4) is 0 Å². The minimum atomic E-state index is -1.12. The van der Waals surface area contributed by atoms with E-state index in [0.717, 1.165) is 27.5 Å². The van der Waals surface area contributed by atoms with Crippen LogP contribution < -0.4 is 10.9 Å². The fraction of sp³-hybridized carbons (Fsp3) is 0.409. The van der Waals surface area contributed by atoms with Crippen LogP contribution in [0, 0.1) is 13.8 Å². The third kappa shape index (κ3) is 3.90. The summed E-state index contributed by atoms with van der Waals surface area (Å²) in [7, 11) is 0. The third-order valence-electron chi connectivity index (χ3n) is 5.19. The molecular weight excluding hydrogens is 374 g/mol. The standard InChI is InChI=1S/C22H25NO6/c1-11-13(6-7-17(24)23-9-18(25)26)21(27)29-20-12(2)19-15(8-14(11)20)16(10-28-19)22(3,4)5/h8,10H,6-7,9H2,1-5H3,(H,23,24)(H,25,26). The zero-order valence-electron chi connectivity index (χ0n) is 17.3. The Balaban J connectivity index is 2.07. The number of carbonyl (C=O) groups is 2. The average molecular weight is 399 g/mol. The van der Waals surface area contributed by atoms with Crippen molar-refractivity contribution in [1.82, 2.24) is 5.32 Å². The second kappa shape index (κ2) is 7.39. The SMILES string of the molecule is Cc1c(CCC(=O)NCC(=O)O)c(=O)oc2c(C)c3occ(C(C)(C)C)c3cc12. The number of nitrogens with one attached hydrogen (secondary N) is 1. The molecule has 0 unspecified atom stereocenters. The van der Waals surface area contributed by atoms with Crippen LogP contribution in [0.1, 0.15) is 49.4 Å². The van der Waals surface area contributed by atoms with Gasteiger partial charge in [-0.1, -0.05) is 20.8 Å². The number of rotatable bonds is 5. The fourth-order valence-corrected chi connectivity index (χ4v) is 3.57. The summed E-state index contributed by atoms with van der Waals surface area (Å²) in [4.78, 5) is 35.0. The van der Waals surface area contributed by atoms with E-state index in [1.165, 1.54) is 0 Å². The largest absolute Gasteiger partial charge is 0.480 e. The first-order valence-electron chi connectivity index (χ1n) is 9.46. The van der Waals surface area contributed by atoms with Gasteiger partial charge in [-0.15, -0.1) is 0 Å². The molecule has 1 amide bonds. The number of amides is 1. The van der Waals surface area contributed by atoms with Crippen LogP contribution in [0.2, 0.25) is 0 Å². The van der Waals surface area contributed by atoms with Gasteiger partial charge in [0.05, 0.1) is 6.26 Å². The summed E-state index contributed by atoms with van der Waals surface area (Å²) in [6, 6.07) is 1.98. The maximum Gasteiger partial charge on any atom is 0.339 e. The van der Waals surface area contributed by atoms with Gasteiger partial charge in [0.2, 0.25) is 5.91 Å². The first-order chi connectivity index (χ1) is 13.5. The zero-order chi connectivity index (χ0) is 21.5. The molecule has 29 heavy (non-hydrogen) atoms. The monoisotopic (exact) mass is 399 g/mol. The van der Waals surface area contributed by atoms with Crippen molar-refractivity contribution in [3.05, 3.63) is 45.0 Å². The molecule has 2 heterocycles. The van der Waals surface area contributed by atoms with Crippen molar-refractivity contribution in [2.24, 2.45) is 0 Å². The predicted octanol–water partition coefficient (Wildman–Crippen LogP) is 3.59. The van der Waals surface area contributed by atoms with Gasteiger partial charge in [-0.25, -0.2) is 4.79 Å². The Morgan fingerprint density at radius 3 is 2.41 bits per heavy atom. The number of hydrogen-bond acceptors (Lipinski definition) is 5. The Hall–Kier alpha value is -3.09. The highest BCUT2D eigenvalue weighted by Gasteiger charge is 2.23. The van der Waals surface area contributed by atoms with Gasteiger partial charge in [0.1, 0.15) is 17.7 Å². The molecule has 0 aliphatic heterocycles. The molecule has 0 aliphatic rings. The van der Waals surface area contributed by atoms with Crippen molar-refractivity contribution in [1.29, 1.82) is 0 Å². The highest BCUT2D eigenvalue weighted by molar-refractivity contribution is 6.00. The molecule has 3 rings (SSSR count). The van der Waals surface area contributed by atoms with Gasteiger partial charge in [0.15, 0.2) is 0 Å². The molecule has 3 aromatic rings. The molecule has 2 aromatic heterocycles. The lowest BCUT2D eigenvalue weighted by Crippen LogP contribution is -2.29. The van der Waals surface area contributed by atoms with Crippen molar-refractivity contribution >= 4 is 33.8 Å². The number of hydrogen-bond donors (Lipinski definition) is 2. The van der Waals surface area contributed by atoms with E-state index >= 15 is 0 Å².